The molecule has 0 spiro atoms. The van der Waals surface area contributed by atoms with Crippen LogP contribution >= 0.6 is 11.3 Å². The number of thiazole rings is 1. The molecule has 1 aromatic heterocycles. The standard InChI is InChI=1S/C8H14N2S/c1-4-10(3)5-8-7(2)9-6-11-8/h6H,4-5H2,1-3H3. The lowest BCUT2D eigenvalue weighted by atomic mass is 10.4. The van der Waals surface area contributed by atoms with Gasteiger partial charge in [-0.15, -0.1) is 11.3 Å². The minimum atomic E-state index is 1.03. The maximum Gasteiger partial charge on any atom is 0.0798 e. The molecule has 0 N–H and O–H groups in total. The highest BCUT2D eigenvalue weighted by atomic mass is 32.1. The molecule has 1 heterocycles. The van der Waals surface area contributed by atoms with Crippen molar-refractivity contribution in [3.05, 3.63) is 16.1 Å². The van der Waals surface area contributed by atoms with Gasteiger partial charge in [0.25, 0.3) is 0 Å². The lowest BCUT2D eigenvalue weighted by Crippen LogP contribution is -2.16. The van der Waals surface area contributed by atoms with Crippen molar-refractivity contribution in [2.75, 3.05) is 13.6 Å². The highest BCUT2D eigenvalue weighted by Gasteiger charge is 2.02. The lowest BCUT2D eigenvalue weighted by Gasteiger charge is -2.11. The highest BCUT2D eigenvalue weighted by Crippen LogP contribution is 2.13. The summed E-state index contributed by atoms with van der Waals surface area (Å²) in [6.07, 6.45) is 0. The van der Waals surface area contributed by atoms with E-state index in [1.807, 2.05) is 5.51 Å². The molecule has 0 bridgehead atoms. The van der Waals surface area contributed by atoms with E-state index in [-0.39, 0.29) is 0 Å². The van der Waals surface area contributed by atoms with Crippen LogP contribution in [0.1, 0.15) is 17.5 Å². The summed E-state index contributed by atoms with van der Waals surface area (Å²) in [5.41, 5.74) is 3.09. The minimum absolute atomic E-state index is 1.03. The number of aryl methyl sites for hydroxylation is 1. The molecule has 0 atom stereocenters. The van der Waals surface area contributed by atoms with E-state index in [2.05, 4.69) is 30.8 Å². The first-order valence-corrected chi connectivity index (χ1v) is 4.69. The number of nitrogens with zero attached hydrogens (tertiary/aromatic N) is 2. The molecule has 0 radical (unpaired) electrons. The van der Waals surface area contributed by atoms with Crippen LogP contribution in [0.3, 0.4) is 0 Å². The lowest BCUT2D eigenvalue weighted by molar-refractivity contribution is 0.348. The first-order chi connectivity index (χ1) is 5.24. The Labute approximate surface area is 71.9 Å². The minimum Gasteiger partial charge on any atom is -0.302 e. The van der Waals surface area contributed by atoms with Crippen molar-refractivity contribution in [1.82, 2.24) is 9.88 Å². The third kappa shape index (κ3) is 2.27. The third-order valence-corrected chi connectivity index (χ3v) is 2.72. The molecule has 3 heteroatoms. The van der Waals surface area contributed by atoms with Crippen LogP contribution in [0.5, 0.6) is 0 Å². The van der Waals surface area contributed by atoms with E-state index in [0.717, 1.165) is 13.1 Å². The second kappa shape index (κ2) is 3.83. The van der Waals surface area contributed by atoms with Crippen LogP contribution in [-0.2, 0) is 6.54 Å². The van der Waals surface area contributed by atoms with Gasteiger partial charge in [-0.1, -0.05) is 6.92 Å². The van der Waals surface area contributed by atoms with Crippen LogP contribution in [0.2, 0.25) is 0 Å². The second-order valence-electron chi connectivity index (χ2n) is 2.69. The fraction of sp³-hybridized carbons (Fsp3) is 0.625. The Hall–Kier alpha value is -0.410. The van der Waals surface area contributed by atoms with E-state index in [4.69, 9.17) is 0 Å². The smallest absolute Gasteiger partial charge is 0.0798 e. The van der Waals surface area contributed by atoms with E-state index < -0.39 is 0 Å². The van der Waals surface area contributed by atoms with Gasteiger partial charge in [0.2, 0.25) is 0 Å². The van der Waals surface area contributed by atoms with Gasteiger partial charge in [-0.05, 0) is 20.5 Å². The molecule has 0 aliphatic rings. The molecule has 2 nitrogen and oxygen atoms in total. The third-order valence-electron chi connectivity index (χ3n) is 1.80. The first kappa shape index (κ1) is 8.68. The average Bonchev–Trinajstić information content (AvgIpc) is 2.37. The molecule has 1 rings (SSSR count). The maximum atomic E-state index is 4.20. The van der Waals surface area contributed by atoms with E-state index in [9.17, 15) is 0 Å². The molecule has 62 valence electrons. The van der Waals surface area contributed by atoms with Gasteiger partial charge in [-0.3, -0.25) is 0 Å². The molecule has 1 aromatic rings. The Balaban J connectivity index is 2.56. The van der Waals surface area contributed by atoms with Crippen LogP contribution in [-0.4, -0.2) is 23.5 Å². The fourth-order valence-electron chi connectivity index (χ4n) is 0.835. The van der Waals surface area contributed by atoms with Gasteiger partial charge in [-0.2, -0.15) is 0 Å². The largest absolute Gasteiger partial charge is 0.302 e. The Bertz CT molecular complexity index is 220. The van der Waals surface area contributed by atoms with Crippen molar-refractivity contribution in [1.29, 1.82) is 0 Å². The van der Waals surface area contributed by atoms with Gasteiger partial charge >= 0.3 is 0 Å². The Kier molecular flexibility index (Phi) is 3.02. The molecule has 0 amide bonds. The number of hydrogen-bond donors (Lipinski definition) is 0. The summed E-state index contributed by atoms with van der Waals surface area (Å²) in [6.45, 7) is 6.36. The summed E-state index contributed by atoms with van der Waals surface area (Å²) in [6, 6.07) is 0. The summed E-state index contributed by atoms with van der Waals surface area (Å²) in [7, 11) is 2.12. The van der Waals surface area contributed by atoms with Gasteiger partial charge in [0.15, 0.2) is 0 Å². The molecule has 0 unspecified atom stereocenters. The summed E-state index contributed by atoms with van der Waals surface area (Å²) >= 11 is 1.74. The Morgan fingerprint density at radius 1 is 1.64 bits per heavy atom. The zero-order valence-electron chi connectivity index (χ0n) is 7.29. The number of hydrogen-bond acceptors (Lipinski definition) is 3. The summed E-state index contributed by atoms with van der Waals surface area (Å²) < 4.78 is 0. The molecule has 0 saturated heterocycles. The maximum absolute atomic E-state index is 4.20. The van der Waals surface area contributed by atoms with Gasteiger partial charge in [0, 0.05) is 11.4 Å². The van der Waals surface area contributed by atoms with Gasteiger partial charge in [0.1, 0.15) is 0 Å². The van der Waals surface area contributed by atoms with Crippen molar-refractivity contribution < 1.29 is 0 Å². The Morgan fingerprint density at radius 3 is 2.82 bits per heavy atom. The molecule has 0 fully saturated rings. The van der Waals surface area contributed by atoms with E-state index >= 15 is 0 Å². The van der Waals surface area contributed by atoms with Crippen molar-refractivity contribution in [3.63, 3.8) is 0 Å². The van der Waals surface area contributed by atoms with E-state index in [1.54, 1.807) is 11.3 Å². The Morgan fingerprint density at radius 2 is 2.36 bits per heavy atom. The van der Waals surface area contributed by atoms with E-state index in [1.165, 1.54) is 10.6 Å². The monoisotopic (exact) mass is 170 g/mol. The predicted octanol–water partition coefficient (Wildman–Crippen LogP) is 1.90. The number of rotatable bonds is 3. The van der Waals surface area contributed by atoms with Crippen LogP contribution in [0.4, 0.5) is 0 Å². The molecule has 0 aliphatic carbocycles. The van der Waals surface area contributed by atoms with Gasteiger partial charge < -0.3 is 4.90 Å². The fourth-order valence-corrected chi connectivity index (χ4v) is 1.69. The predicted molar refractivity (Wildman–Crippen MR) is 48.9 cm³/mol. The highest BCUT2D eigenvalue weighted by molar-refractivity contribution is 7.09. The van der Waals surface area contributed by atoms with Crippen LogP contribution in [0.15, 0.2) is 5.51 Å². The van der Waals surface area contributed by atoms with E-state index in [0.29, 0.717) is 0 Å². The molecule has 0 aromatic carbocycles. The first-order valence-electron chi connectivity index (χ1n) is 3.81. The molecular weight excluding hydrogens is 156 g/mol. The SMILES string of the molecule is CCN(C)Cc1scnc1C. The zero-order chi connectivity index (χ0) is 8.27. The van der Waals surface area contributed by atoms with Crippen molar-refractivity contribution in [2.45, 2.75) is 20.4 Å². The van der Waals surface area contributed by atoms with Crippen molar-refractivity contribution in [3.8, 4) is 0 Å². The second-order valence-corrected chi connectivity index (χ2v) is 3.63. The molecule has 0 aliphatic heterocycles. The average molecular weight is 170 g/mol. The summed E-state index contributed by atoms with van der Waals surface area (Å²) in [5.74, 6) is 0. The molecule has 0 saturated carbocycles. The van der Waals surface area contributed by atoms with Crippen LogP contribution in [0, 0.1) is 6.92 Å². The summed E-state index contributed by atoms with van der Waals surface area (Å²) in [5, 5.41) is 0. The zero-order valence-corrected chi connectivity index (χ0v) is 8.11. The molecular formula is C8H14N2S. The van der Waals surface area contributed by atoms with Crippen LogP contribution in [0.25, 0.3) is 0 Å². The van der Waals surface area contributed by atoms with Crippen LogP contribution < -0.4 is 0 Å². The topological polar surface area (TPSA) is 16.1 Å². The summed E-state index contributed by atoms with van der Waals surface area (Å²) in [4.78, 5) is 7.86. The molecule has 11 heavy (non-hydrogen) atoms. The number of aromatic nitrogens is 1. The quantitative estimate of drug-likeness (QED) is 0.689. The van der Waals surface area contributed by atoms with Gasteiger partial charge in [-0.25, -0.2) is 4.98 Å². The van der Waals surface area contributed by atoms with Crippen molar-refractivity contribution >= 4 is 11.3 Å². The van der Waals surface area contributed by atoms with Gasteiger partial charge in [0.05, 0.1) is 11.2 Å². The van der Waals surface area contributed by atoms with Crippen molar-refractivity contribution in [2.24, 2.45) is 0 Å². The normalized spacial score (nSPS) is 10.9.